The molecule has 0 aliphatic rings. The van der Waals surface area contributed by atoms with Crippen LogP contribution in [0.4, 0.5) is 4.79 Å². The van der Waals surface area contributed by atoms with E-state index < -0.39 is 10.9 Å². The Labute approximate surface area is 54.6 Å². The van der Waals surface area contributed by atoms with E-state index in [-0.39, 0.29) is 0 Å². The average molecular weight is 133 g/mol. The van der Waals surface area contributed by atoms with E-state index in [2.05, 4.69) is 17.4 Å². The number of rotatable bonds is 0. The van der Waals surface area contributed by atoms with Gasteiger partial charge in [0.25, 0.3) is 0 Å². The number of ether oxygens (including phenoxy) is 1. The fourth-order valence-electron chi connectivity index (χ4n) is 0.250. The van der Waals surface area contributed by atoms with Crippen LogP contribution >= 0.6 is 12.6 Å². The van der Waals surface area contributed by atoms with Crippen molar-refractivity contribution in [2.75, 3.05) is 0 Å². The Morgan fingerprint density at radius 3 is 1.88 bits per heavy atom. The maximum atomic E-state index is 10.1. The summed E-state index contributed by atoms with van der Waals surface area (Å²) in [6, 6.07) is 0. The van der Waals surface area contributed by atoms with Crippen LogP contribution in [0.25, 0.3) is 0 Å². The standard InChI is InChI=1S/C5H9O2S/c1-5(2,3)7-4(6)8/h1-3H3. The van der Waals surface area contributed by atoms with Crippen LogP contribution in [0, 0.1) is 0 Å². The number of hydrogen-bond acceptors (Lipinski definition) is 2. The van der Waals surface area contributed by atoms with Crippen molar-refractivity contribution >= 4 is 17.9 Å². The van der Waals surface area contributed by atoms with Crippen molar-refractivity contribution < 1.29 is 9.53 Å². The fourth-order valence-corrected chi connectivity index (χ4v) is 0.500. The van der Waals surface area contributed by atoms with Gasteiger partial charge in [-0.2, -0.15) is 0 Å². The van der Waals surface area contributed by atoms with Gasteiger partial charge < -0.3 is 4.74 Å². The minimum Gasteiger partial charge on any atom is -0.448 e. The minimum absolute atomic E-state index is 0.432. The van der Waals surface area contributed by atoms with Crippen LogP contribution in [-0.2, 0) is 4.74 Å². The van der Waals surface area contributed by atoms with Gasteiger partial charge in [0.2, 0.25) is 0 Å². The summed E-state index contributed by atoms with van der Waals surface area (Å²) in [5.41, 5.74) is -0.432. The highest BCUT2D eigenvalue weighted by molar-refractivity contribution is 7.96. The Bertz CT molecular complexity index is 93.1. The summed E-state index contributed by atoms with van der Waals surface area (Å²) in [5.74, 6) is 0. The molecule has 0 amide bonds. The van der Waals surface area contributed by atoms with E-state index >= 15 is 0 Å². The van der Waals surface area contributed by atoms with E-state index in [1.807, 2.05) is 0 Å². The predicted octanol–water partition coefficient (Wildman–Crippen LogP) is 2.12. The van der Waals surface area contributed by atoms with Crippen molar-refractivity contribution in [3.8, 4) is 0 Å². The van der Waals surface area contributed by atoms with E-state index in [9.17, 15) is 4.79 Å². The first-order chi connectivity index (χ1) is 3.42. The molecule has 47 valence electrons. The minimum atomic E-state index is -0.641. The van der Waals surface area contributed by atoms with E-state index in [4.69, 9.17) is 0 Å². The van der Waals surface area contributed by atoms with Crippen LogP contribution in [-0.4, -0.2) is 10.9 Å². The predicted molar refractivity (Wildman–Crippen MR) is 33.8 cm³/mol. The van der Waals surface area contributed by atoms with Crippen molar-refractivity contribution in [1.29, 1.82) is 0 Å². The van der Waals surface area contributed by atoms with Crippen LogP contribution in [0.1, 0.15) is 20.8 Å². The summed E-state index contributed by atoms with van der Waals surface area (Å²) in [6.45, 7) is 5.32. The largest absolute Gasteiger partial charge is 0.448 e. The normalized spacial score (nSPS) is 10.9. The van der Waals surface area contributed by atoms with Crippen molar-refractivity contribution in [2.24, 2.45) is 0 Å². The van der Waals surface area contributed by atoms with Crippen LogP contribution in [0.2, 0.25) is 0 Å². The second-order valence-electron chi connectivity index (χ2n) is 2.46. The molecule has 0 spiro atoms. The first kappa shape index (κ1) is 7.69. The molecule has 0 aromatic heterocycles. The Hall–Kier alpha value is -0.310. The Balaban J connectivity index is 3.55. The summed E-state index contributed by atoms with van der Waals surface area (Å²) in [7, 11) is 0. The van der Waals surface area contributed by atoms with Gasteiger partial charge in [-0.25, -0.2) is 4.79 Å². The molecule has 0 aliphatic heterocycles. The topological polar surface area (TPSA) is 26.3 Å². The summed E-state index contributed by atoms with van der Waals surface area (Å²) >= 11 is 4.17. The molecular weight excluding hydrogens is 124 g/mol. The summed E-state index contributed by atoms with van der Waals surface area (Å²) in [4.78, 5) is 10.1. The second-order valence-corrected chi connectivity index (χ2v) is 2.80. The maximum Gasteiger partial charge on any atom is 0.400 e. The lowest BCUT2D eigenvalue weighted by Gasteiger charge is -2.16. The molecule has 0 aliphatic carbocycles. The summed E-state index contributed by atoms with van der Waals surface area (Å²) in [5, 5.41) is -0.641. The molecule has 1 radical (unpaired) electrons. The SMILES string of the molecule is CC(C)(C)OC(=O)[S]. The molecule has 0 aromatic rings. The molecule has 0 unspecified atom stereocenters. The highest BCUT2D eigenvalue weighted by Gasteiger charge is 2.13. The van der Waals surface area contributed by atoms with E-state index in [1.54, 1.807) is 20.8 Å². The van der Waals surface area contributed by atoms with Gasteiger partial charge in [-0.05, 0) is 20.8 Å². The molecule has 0 aromatic carbocycles. The van der Waals surface area contributed by atoms with Crippen LogP contribution in [0.3, 0.4) is 0 Å². The molecule has 8 heavy (non-hydrogen) atoms. The van der Waals surface area contributed by atoms with Crippen molar-refractivity contribution in [3.63, 3.8) is 0 Å². The quantitative estimate of drug-likeness (QED) is 0.473. The molecular formula is C5H9O2S. The second kappa shape index (κ2) is 2.31. The van der Waals surface area contributed by atoms with Gasteiger partial charge in [-0.3, -0.25) is 0 Å². The van der Waals surface area contributed by atoms with Gasteiger partial charge in [0, 0.05) is 12.6 Å². The van der Waals surface area contributed by atoms with Crippen molar-refractivity contribution in [2.45, 2.75) is 26.4 Å². The van der Waals surface area contributed by atoms with Crippen LogP contribution in [0.15, 0.2) is 0 Å². The number of hydrogen-bond donors (Lipinski definition) is 0. The van der Waals surface area contributed by atoms with E-state index in [1.165, 1.54) is 0 Å². The van der Waals surface area contributed by atoms with E-state index in [0.29, 0.717) is 0 Å². The van der Waals surface area contributed by atoms with Crippen LogP contribution < -0.4 is 0 Å². The number of carbonyl (C=O) groups excluding carboxylic acids is 1. The summed E-state index contributed by atoms with van der Waals surface area (Å²) < 4.78 is 4.61. The number of carbonyl (C=O) groups is 1. The third-order valence-electron chi connectivity index (χ3n) is 0.390. The third kappa shape index (κ3) is 5.69. The maximum absolute atomic E-state index is 10.1. The molecule has 0 N–H and O–H groups in total. The molecule has 0 saturated heterocycles. The molecule has 0 bridgehead atoms. The Morgan fingerprint density at radius 2 is 1.88 bits per heavy atom. The zero-order valence-electron chi connectivity index (χ0n) is 5.22. The lowest BCUT2D eigenvalue weighted by atomic mass is 10.2. The fraction of sp³-hybridized carbons (Fsp3) is 0.800. The zero-order valence-corrected chi connectivity index (χ0v) is 6.04. The molecule has 3 heteroatoms. The average Bonchev–Trinajstić information content (AvgIpc) is 1.21. The Morgan fingerprint density at radius 1 is 1.50 bits per heavy atom. The third-order valence-corrected chi connectivity index (χ3v) is 0.473. The molecule has 0 atom stereocenters. The van der Waals surface area contributed by atoms with Crippen molar-refractivity contribution in [1.82, 2.24) is 0 Å². The monoisotopic (exact) mass is 133 g/mol. The van der Waals surface area contributed by atoms with Gasteiger partial charge in [-0.1, -0.05) is 0 Å². The first-order valence-electron chi connectivity index (χ1n) is 2.32. The first-order valence-corrected chi connectivity index (χ1v) is 2.72. The molecule has 2 nitrogen and oxygen atoms in total. The lowest BCUT2D eigenvalue weighted by molar-refractivity contribution is 0.0742. The lowest BCUT2D eigenvalue weighted by Crippen LogP contribution is -2.20. The smallest absolute Gasteiger partial charge is 0.400 e. The van der Waals surface area contributed by atoms with Crippen LogP contribution in [0.5, 0.6) is 0 Å². The van der Waals surface area contributed by atoms with Crippen molar-refractivity contribution in [3.05, 3.63) is 0 Å². The summed E-state index contributed by atoms with van der Waals surface area (Å²) in [6.07, 6.45) is 0. The van der Waals surface area contributed by atoms with Gasteiger partial charge in [-0.15, -0.1) is 0 Å². The molecule has 0 rings (SSSR count). The molecule has 0 fully saturated rings. The molecule has 0 saturated carbocycles. The van der Waals surface area contributed by atoms with Gasteiger partial charge >= 0.3 is 5.30 Å². The van der Waals surface area contributed by atoms with E-state index in [0.717, 1.165) is 0 Å². The van der Waals surface area contributed by atoms with Gasteiger partial charge in [0.15, 0.2) is 0 Å². The molecule has 0 heterocycles. The zero-order chi connectivity index (χ0) is 6.78. The highest BCUT2D eigenvalue weighted by Crippen LogP contribution is 2.08. The highest BCUT2D eigenvalue weighted by atomic mass is 32.1. The van der Waals surface area contributed by atoms with Gasteiger partial charge in [0.1, 0.15) is 5.60 Å². The Kier molecular flexibility index (Phi) is 2.22. The van der Waals surface area contributed by atoms with Gasteiger partial charge in [0.05, 0.1) is 0 Å².